The van der Waals surface area contributed by atoms with Crippen molar-refractivity contribution in [1.29, 1.82) is 0 Å². The molecular formula is C16H26N2O2. The summed E-state index contributed by atoms with van der Waals surface area (Å²) in [5.74, 6) is 0.933. The van der Waals surface area contributed by atoms with Crippen molar-refractivity contribution in [1.82, 2.24) is 10.2 Å². The summed E-state index contributed by atoms with van der Waals surface area (Å²) >= 11 is 0. The van der Waals surface area contributed by atoms with Crippen LogP contribution < -0.4 is 10.1 Å². The Balaban J connectivity index is 1.68. The molecule has 1 aliphatic rings. The van der Waals surface area contributed by atoms with Crippen LogP contribution in [0.3, 0.4) is 0 Å². The zero-order valence-electron chi connectivity index (χ0n) is 12.3. The normalized spacial score (nSPS) is 17.3. The first-order valence-corrected chi connectivity index (χ1v) is 7.56. The van der Waals surface area contributed by atoms with Crippen LogP contribution in [0.5, 0.6) is 5.75 Å². The summed E-state index contributed by atoms with van der Waals surface area (Å²) in [6, 6.07) is 8.31. The average Bonchev–Trinajstić information content (AvgIpc) is 2.99. The largest absolute Gasteiger partial charge is 0.492 e. The number of hydrogen-bond acceptors (Lipinski definition) is 4. The van der Waals surface area contributed by atoms with E-state index in [1.165, 1.54) is 31.5 Å². The number of nitrogens with one attached hydrogen (secondary N) is 1. The molecule has 0 bridgehead atoms. The number of likely N-dealkylation sites (tertiary alicyclic amines) is 1. The predicted molar refractivity (Wildman–Crippen MR) is 81.0 cm³/mol. The fourth-order valence-electron chi connectivity index (χ4n) is 2.36. The maximum atomic E-state index is 8.96. The topological polar surface area (TPSA) is 44.7 Å². The van der Waals surface area contributed by atoms with E-state index >= 15 is 0 Å². The lowest BCUT2D eigenvalue weighted by atomic mass is 10.2. The molecule has 1 aliphatic heterocycles. The van der Waals surface area contributed by atoms with Crippen LogP contribution in [-0.2, 0) is 6.54 Å². The number of rotatable bonds is 8. The summed E-state index contributed by atoms with van der Waals surface area (Å²) in [5, 5.41) is 12.2. The molecule has 1 aromatic rings. The van der Waals surface area contributed by atoms with E-state index < -0.39 is 0 Å². The fraction of sp³-hybridized carbons (Fsp3) is 0.625. The van der Waals surface area contributed by atoms with Crippen LogP contribution in [0, 0.1) is 0 Å². The second kappa shape index (κ2) is 8.25. The third kappa shape index (κ3) is 5.12. The molecule has 20 heavy (non-hydrogen) atoms. The van der Waals surface area contributed by atoms with Crippen molar-refractivity contribution in [2.75, 3.05) is 32.8 Å². The lowest BCUT2D eigenvalue weighted by Gasteiger charge is -2.15. The maximum Gasteiger partial charge on any atom is 0.119 e. The molecule has 112 valence electrons. The minimum atomic E-state index is 0.131. The van der Waals surface area contributed by atoms with E-state index in [0.717, 1.165) is 25.4 Å². The standard InChI is InChI=1S/C16H26N2O2/c1-14(13-19)17-12-15-4-6-16(7-5-15)20-11-10-18-8-2-3-9-18/h4-7,14,17,19H,2-3,8-13H2,1H3/t14-/m1/s1. The van der Waals surface area contributed by atoms with Crippen LogP contribution >= 0.6 is 0 Å². The van der Waals surface area contributed by atoms with Gasteiger partial charge in [-0.05, 0) is 50.6 Å². The third-order valence-electron chi connectivity index (χ3n) is 3.73. The van der Waals surface area contributed by atoms with Crippen LogP contribution in [0.1, 0.15) is 25.3 Å². The fourth-order valence-corrected chi connectivity index (χ4v) is 2.36. The van der Waals surface area contributed by atoms with Crippen LogP contribution in [0.25, 0.3) is 0 Å². The Hall–Kier alpha value is -1.10. The van der Waals surface area contributed by atoms with Gasteiger partial charge in [-0.2, -0.15) is 0 Å². The monoisotopic (exact) mass is 278 g/mol. The smallest absolute Gasteiger partial charge is 0.119 e. The van der Waals surface area contributed by atoms with Crippen LogP contribution in [0.15, 0.2) is 24.3 Å². The molecule has 1 saturated heterocycles. The summed E-state index contributed by atoms with van der Waals surface area (Å²) in [7, 11) is 0. The van der Waals surface area contributed by atoms with Gasteiger partial charge in [-0.1, -0.05) is 12.1 Å². The minimum absolute atomic E-state index is 0.131. The Morgan fingerprint density at radius 2 is 1.95 bits per heavy atom. The van der Waals surface area contributed by atoms with E-state index in [9.17, 15) is 0 Å². The molecule has 4 heteroatoms. The first-order valence-electron chi connectivity index (χ1n) is 7.56. The third-order valence-corrected chi connectivity index (χ3v) is 3.73. The van der Waals surface area contributed by atoms with E-state index in [1.54, 1.807) is 0 Å². The SMILES string of the molecule is C[C@H](CO)NCc1ccc(OCCN2CCCC2)cc1. The molecule has 0 radical (unpaired) electrons. The van der Waals surface area contributed by atoms with E-state index in [4.69, 9.17) is 9.84 Å². The van der Waals surface area contributed by atoms with Crippen LogP contribution in [0.4, 0.5) is 0 Å². The number of hydrogen-bond donors (Lipinski definition) is 2. The molecule has 1 atom stereocenters. The van der Waals surface area contributed by atoms with Crippen molar-refractivity contribution in [3.05, 3.63) is 29.8 Å². The van der Waals surface area contributed by atoms with Crippen molar-refractivity contribution in [2.45, 2.75) is 32.4 Å². The lowest BCUT2D eigenvalue weighted by molar-refractivity contribution is 0.237. The Morgan fingerprint density at radius 3 is 2.60 bits per heavy atom. The number of aliphatic hydroxyl groups is 1. The molecule has 0 aromatic heterocycles. The first-order chi connectivity index (χ1) is 9.78. The highest BCUT2D eigenvalue weighted by Gasteiger charge is 2.10. The van der Waals surface area contributed by atoms with E-state index in [-0.39, 0.29) is 12.6 Å². The van der Waals surface area contributed by atoms with Crippen LogP contribution in [-0.4, -0.2) is 48.9 Å². The highest BCUT2D eigenvalue weighted by atomic mass is 16.5. The molecule has 0 unspecified atom stereocenters. The van der Waals surface area contributed by atoms with Crippen molar-refractivity contribution in [2.24, 2.45) is 0 Å². The average molecular weight is 278 g/mol. The van der Waals surface area contributed by atoms with Crippen molar-refractivity contribution < 1.29 is 9.84 Å². The maximum absolute atomic E-state index is 8.96. The highest BCUT2D eigenvalue weighted by molar-refractivity contribution is 5.27. The zero-order valence-corrected chi connectivity index (χ0v) is 12.3. The number of nitrogens with zero attached hydrogens (tertiary/aromatic N) is 1. The molecule has 1 aromatic carbocycles. The minimum Gasteiger partial charge on any atom is -0.492 e. The van der Waals surface area contributed by atoms with Gasteiger partial charge in [0.1, 0.15) is 12.4 Å². The first kappa shape index (κ1) is 15.3. The number of benzene rings is 1. The van der Waals surface area contributed by atoms with Gasteiger partial charge in [-0.3, -0.25) is 4.90 Å². The van der Waals surface area contributed by atoms with Gasteiger partial charge in [-0.25, -0.2) is 0 Å². The summed E-state index contributed by atoms with van der Waals surface area (Å²) in [6.45, 7) is 7.13. The molecule has 2 N–H and O–H groups in total. The summed E-state index contributed by atoms with van der Waals surface area (Å²) < 4.78 is 5.77. The predicted octanol–water partition coefficient (Wildman–Crippen LogP) is 1.63. The second-order valence-corrected chi connectivity index (χ2v) is 5.51. The van der Waals surface area contributed by atoms with Gasteiger partial charge in [0, 0.05) is 19.1 Å². The summed E-state index contributed by atoms with van der Waals surface area (Å²) in [6.07, 6.45) is 2.65. The Bertz CT molecular complexity index is 375. The molecule has 0 spiro atoms. The van der Waals surface area contributed by atoms with E-state index in [2.05, 4.69) is 22.3 Å². The number of ether oxygens (including phenoxy) is 1. The molecule has 1 heterocycles. The van der Waals surface area contributed by atoms with Gasteiger partial charge in [-0.15, -0.1) is 0 Å². The Morgan fingerprint density at radius 1 is 1.25 bits per heavy atom. The second-order valence-electron chi connectivity index (χ2n) is 5.51. The molecule has 0 amide bonds. The van der Waals surface area contributed by atoms with Gasteiger partial charge in [0.25, 0.3) is 0 Å². The highest BCUT2D eigenvalue weighted by Crippen LogP contribution is 2.13. The molecule has 0 aliphatic carbocycles. The Kier molecular flexibility index (Phi) is 6.30. The molecule has 2 rings (SSSR count). The van der Waals surface area contributed by atoms with Crippen molar-refractivity contribution in [3.8, 4) is 5.75 Å². The summed E-state index contributed by atoms with van der Waals surface area (Å²) in [5.41, 5.74) is 1.21. The molecule has 4 nitrogen and oxygen atoms in total. The van der Waals surface area contributed by atoms with Gasteiger partial charge >= 0.3 is 0 Å². The van der Waals surface area contributed by atoms with Gasteiger partial charge in [0.15, 0.2) is 0 Å². The van der Waals surface area contributed by atoms with Crippen LogP contribution in [0.2, 0.25) is 0 Å². The van der Waals surface area contributed by atoms with E-state index in [1.807, 2.05) is 19.1 Å². The van der Waals surface area contributed by atoms with Gasteiger partial charge in [0.2, 0.25) is 0 Å². The van der Waals surface area contributed by atoms with Crippen molar-refractivity contribution >= 4 is 0 Å². The van der Waals surface area contributed by atoms with Gasteiger partial charge < -0.3 is 15.2 Å². The molecule has 0 saturated carbocycles. The Labute approximate surface area is 121 Å². The molecule has 1 fully saturated rings. The van der Waals surface area contributed by atoms with E-state index in [0.29, 0.717) is 0 Å². The van der Waals surface area contributed by atoms with Gasteiger partial charge in [0.05, 0.1) is 6.61 Å². The summed E-state index contributed by atoms with van der Waals surface area (Å²) in [4.78, 5) is 2.45. The molecular weight excluding hydrogens is 252 g/mol. The lowest BCUT2D eigenvalue weighted by Crippen LogP contribution is -2.28. The quantitative estimate of drug-likeness (QED) is 0.759. The zero-order chi connectivity index (χ0) is 14.2. The number of aliphatic hydroxyl groups excluding tert-OH is 1. The van der Waals surface area contributed by atoms with Crippen molar-refractivity contribution in [3.63, 3.8) is 0 Å².